The van der Waals surface area contributed by atoms with E-state index in [2.05, 4.69) is 78.3 Å². The van der Waals surface area contributed by atoms with Gasteiger partial charge in [0.15, 0.2) is 0 Å². The average molecular weight is 451 g/mol. The molecule has 0 aliphatic heterocycles. The van der Waals surface area contributed by atoms with Gasteiger partial charge in [-0.3, -0.25) is 0 Å². The molecule has 0 saturated heterocycles. The summed E-state index contributed by atoms with van der Waals surface area (Å²) < 4.78 is 1.05. The maximum absolute atomic E-state index is 4.79. The highest BCUT2D eigenvalue weighted by atomic mass is 79.9. The van der Waals surface area contributed by atoms with E-state index >= 15 is 0 Å². The Hall–Kier alpha value is -1.27. The first kappa shape index (κ1) is 22.0. The van der Waals surface area contributed by atoms with Gasteiger partial charge < -0.3 is 10.2 Å². The zero-order chi connectivity index (χ0) is 20.0. The molecule has 1 aromatic heterocycles. The summed E-state index contributed by atoms with van der Waals surface area (Å²) in [5.74, 6) is 3.20. The summed E-state index contributed by atoms with van der Waals surface area (Å²) in [7, 11) is 0. The fourth-order valence-electron chi connectivity index (χ4n) is 3.02. The molecule has 4 nitrogen and oxygen atoms in total. The van der Waals surface area contributed by atoms with E-state index in [0.717, 1.165) is 58.4 Å². The van der Waals surface area contributed by atoms with E-state index in [0.29, 0.717) is 5.92 Å². The first-order valence-corrected chi connectivity index (χ1v) is 11.7. The van der Waals surface area contributed by atoms with E-state index < -0.39 is 0 Å². The fraction of sp³-hybridized carbons (Fsp3) is 0.524. The molecule has 0 unspecified atom stereocenters. The lowest BCUT2D eigenvalue weighted by Crippen LogP contribution is -2.27. The molecular weight excluding hydrogens is 420 g/mol. The van der Waals surface area contributed by atoms with Crippen molar-refractivity contribution in [1.29, 1.82) is 0 Å². The minimum absolute atomic E-state index is 0.502. The highest BCUT2D eigenvalue weighted by Gasteiger charge is 2.18. The molecule has 6 heteroatoms. The van der Waals surface area contributed by atoms with Crippen molar-refractivity contribution in [3.05, 3.63) is 34.1 Å². The van der Waals surface area contributed by atoms with Crippen LogP contribution in [-0.4, -0.2) is 29.3 Å². The van der Waals surface area contributed by atoms with Crippen molar-refractivity contribution < 1.29 is 0 Å². The number of aromatic nitrogens is 2. The molecule has 0 amide bonds. The molecule has 1 N–H and O–H groups in total. The van der Waals surface area contributed by atoms with E-state index in [9.17, 15) is 0 Å². The molecule has 2 rings (SSSR count). The maximum Gasteiger partial charge on any atom is 0.150 e. The number of benzene rings is 1. The summed E-state index contributed by atoms with van der Waals surface area (Å²) in [5.41, 5.74) is 2.34. The molecule has 0 aliphatic carbocycles. The van der Waals surface area contributed by atoms with E-state index in [4.69, 9.17) is 9.97 Å². The smallest absolute Gasteiger partial charge is 0.150 e. The Morgan fingerprint density at radius 2 is 1.81 bits per heavy atom. The van der Waals surface area contributed by atoms with Crippen LogP contribution in [-0.2, 0) is 0 Å². The number of thioether (sulfide) groups is 1. The third-order valence-corrected chi connectivity index (χ3v) is 5.80. The monoisotopic (exact) mass is 450 g/mol. The molecule has 148 valence electrons. The number of halogens is 1. The number of nitrogens with one attached hydrogen (secondary N) is 1. The molecular formula is C21H31BrN4S. The summed E-state index contributed by atoms with van der Waals surface area (Å²) in [6.45, 7) is 12.8. The second kappa shape index (κ2) is 10.3. The fourth-order valence-corrected chi connectivity index (χ4v) is 4.16. The van der Waals surface area contributed by atoms with Crippen molar-refractivity contribution in [1.82, 2.24) is 9.97 Å². The molecule has 0 atom stereocenters. The maximum atomic E-state index is 4.79. The predicted molar refractivity (Wildman–Crippen MR) is 123 cm³/mol. The van der Waals surface area contributed by atoms with Gasteiger partial charge in [0.25, 0.3) is 0 Å². The molecule has 0 aliphatic rings. The van der Waals surface area contributed by atoms with Gasteiger partial charge in [0.1, 0.15) is 17.5 Å². The summed E-state index contributed by atoms with van der Waals surface area (Å²) in [6, 6.07) is 6.48. The Kier molecular flexibility index (Phi) is 8.42. The lowest BCUT2D eigenvalue weighted by Gasteiger charge is -2.26. The molecule has 0 bridgehead atoms. The third kappa shape index (κ3) is 5.61. The Bertz CT molecular complexity index is 758. The molecule has 0 spiro atoms. The van der Waals surface area contributed by atoms with Crippen molar-refractivity contribution in [2.75, 3.05) is 29.6 Å². The molecule has 0 radical (unpaired) electrons. The van der Waals surface area contributed by atoms with E-state index in [1.807, 2.05) is 6.92 Å². The van der Waals surface area contributed by atoms with Crippen LogP contribution >= 0.6 is 27.7 Å². The van der Waals surface area contributed by atoms with Crippen LogP contribution in [0.1, 0.15) is 57.8 Å². The second-order valence-corrected chi connectivity index (χ2v) is 8.65. The lowest BCUT2D eigenvalue weighted by molar-refractivity contribution is 0.722. The van der Waals surface area contributed by atoms with Gasteiger partial charge in [-0.1, -0.05) is 33.8 Å². The number of hydrogen-bond acceptors (Lipinski definition) is 5. The Morgan fingerprint density at radius 3 is 2.33 bits per heavy atom. The van der Waals surface area contributed by atoms with Crippen LogP contribution in [0.3, 0.4) is 0 Å². The van der Waals surface area contributed by atoms with Crippen LogP contribution in [0.5, 0.6) is 0 Å². The highest BCUT2D eigenvalue weighted by molar-refractivity contribution is 9.10. The quantitative estimate of drug-likeness (QED) is 0.427. The highest BCUT2D eigenvalue weighted by Crippen LogP contribution is 2.37. The van der Waals surface area contributed by atoms with Gasteiger partial charge >= 0.3 is 0 Å². The molecule has 1 heterocycles. The van der Waals surface area contributed by atoms with E-state index in [-0.39, 0.29) is 0 Å². The predicted octanol–water partition coefficient (Wildman–Crippen LogP) is 6.76. The number of nitrogens with zero attached hydrogens (tertiary/aromatic N) is 3. The zero-order valence-electron chi connectivity index (χ0n) is 17.3. The minimum atomic E-state index is 0.502. The average Bonchev–Trinajstić information content (AvgIpc) is 2.62. The zero-order valence-corrected chi connectivity index (χ0v) is 19.7. The van der Waals surface area contributed by atoms with Crippen LogP contribution in [0.15, 0.2) is 27.6 Å². The summed E-state index contributed by atoms with van der Waals surface area (Å²) in [5, 5.41) is 3.53. The number of anilines is 3. The largest absolute Gasteiger partial charge is 0.356 e. The summed E-state index contributed by atoms with van der Waals surface area (Å²) in [4.78, 5) is 13.0. The molecule has 0 fully saturated rings. The van der Waals surface area contributed by atoms with Gasteiger partial charge in [-0.05, 0) is 65.6 Å². The molecule has 27 heavy (non-hydrogen) atoms. The van der Waals surface area contributed by atoms with Crippen molar-refractivity contribution in [2.24, 2.45) is 0 Å². The van der Waals surface area contributed by atoms with Crippen molar-refractivity contribution in [2.45, 2.75) is 58.3 Å². The number of hydrogen-bond donors (Lipinski definition) is 1. The second-order valence-electron chi connectivity index (χ2n) is 6.98. The van der Waals surface area contributed by atoms with Gasteiger partial charge in [0, 0.05) is 17.6 Å². The van der Waals surface area contributed by atoms with Crippen LogP contribution in [0.25, 0.3) is 0 Å². The van der Waals surface area contributed by atoms with E-state index in [1.54, 1.807) is 11.8 Å². The first-order valence-electron chi connectivity index (χ1n) is 9.65. The number of aryl methyl sites for hydroxylation is 1. The Balaban J connectivity index is 2.45. The van der Waals surface area contributed by atoms with Crippen molar-refractivity contribution >= 4 is 45.0 Å². The molecule has 1 aromatic carbocycles. The normalized spacial score (nSPS) is 11.1. The first-order chi connectivity index (χ1) is 12.9. The van der Waals surface area contributed by atoms with Crippen molar-refractivity contribution in [3.8, 4) is 0 Å². The van der Waals surface area contributed by atoms with Gasteiger partial charge in [0.2, 0.25) is 0 Å². The van der Waals surface area contributed by atoms with Crippen LogP contribution < -0.4 is 10.2 Å². The number of rotatable bonds is 9. The summed E-state index contributed by atoms with van der Waals surface area (Å²) >= 11 is 5.41. The van der Waals surface area contributed by atoms with Gasteiger partial charge in [-0.25, -0.2) is 9.97 Å². The third-order valence-electron chi connectivity index (χ3n) is 4.36. The Morgan fingerprint density at radius 1 is 1.15 bits per heavy atom. The topological polar surface area (TPSA) is 41.1 Å². The van der Waals surface area contributed by atoms with Gasteiger partial charge in [-0.2, -0.15) is 0 Å². The SMILES string of the molecule is CCCN(CCC)c1nc(C)nc(Nc2ccc(C(C)C)cc2Br)c1SC. The standard InChI is InChI=1S/C21H31BrN4S/c1-7-11-26(12-8-2)21-19(27-6)20(23-15(5)24-21)25-18-10-9-16(14(3)4)13-17(18)22/h9-10,13-14H,7-8,11-12H2,1-6H3,(H,23,24,25). The molecule has 0 saturated carbocycles. The Labute approximate surface area is 176 Å². The minimum Gasteiger partial charge on any atom is -0.356 e. The molecule has 2 aromatic rings. The van der Waals surface area contributed by atoms with Gasteiger partial charge in [-0.15, -0.1) is 11.8 Å². The van der Waals surface area contributed by atoms with E-state index in [1.165, 1.54) is 5.56 Å². The van der Waals surface area contributed by atoms with Crippen LogP contribution in [0, 0.1) is 6.92 Å². The summed E-state index contributed by atoms with van der Waals surface area (Å²) in [6.07, 6.45) is 4.29. The lowest BCUT2D eigenvalue weighted by atomic mass is 10.0. The van der Waals surface area contributed by atoms with Gasteiger partial charge in [0.05, 0.1) is 10.6 Å². The van der Waals surface area contributed by atoms with Crippen LogP contribution in [0.4, 0.5) is 17.3 Å². The van der Waals surface area contributed by atoms with Crippen molar-refractivity contribution in [3.63, 3.8) is 0 Å². The van der Waals surface area contributed by atoms with Crippen LogP contribution in [0.2, 0.25) is 0 Å².